The first-order chi connectivity index (χ1) is 9.47. The van der Waals surface area contributed by atoms with Gasteiger partial charge < -0.3 is 15.2 Å². The number of amides is 1. The second kappa shape index (κ2) is 7.65. The highest BCUT2D eigenvalue weighted by molar-refractivity contribution is 5.96. The Morgan fingerprint density at radius 3 is 2.35 bits per heavy atom. The first-order valence-corrected chi connectivity index (χ1v) is 6.68. The van der Waals surface area contributed by atoms with E-state index in [4.69, 9.17) is 4.74 Å². The van der Waals surface area contributed by atoms with E-state index in [9.17, 15) is 14.7 Å². The van der Waals surface area contributed by atoms with Crippen LogP contribution >= 0.6 is 0 Å². The fraction of sp³-hybridized carbons (Fsp3) is 0.467. The van der Waals surface area contributed by atoms with Crippen molar-refractivity contribution in [2.45, 2.75) is 32.9 Å². The number of benzene rings is 1. The molecule has 0 aliphatic rings. The molecule has 0 heterocycles. The number of carbonyl (C=O) groups is 2. The van der Waals surface area contributed by atoms with Gasteiger partial charge in [0.15, 0.2) is 6.04 Å². The van der Waals surface area contributed by atoms with Gasteiger partial charge in [0.1, 0.15) is 0 Å². The maximum Gasteiger partial charge on any atom is 0.331 e. The van der Waals surface area contributed by atoms with Gasteiger partial charge in [0.05, 0.1) is 12.7 Å². The van der Waals surface area contributed by atoms with Crippen LogP contribution in [0.2, 0.25) is 0 Å². The molecule has 5 nitrogen and oxygen atoms in total. The third-order valence-electron chi connectivity index (χ3n) is 2.89. The summed E-state index contributed by atoms with van der Waals surface area (Å²) in [6, 6.07) is 7.46. The Balaban J connectivity index is 2.84. The summed E-state index contributed by atoms with van der Waals surface area (Å²) < 4.78 is 4.90. The number of hydrogen-bond acceptors (Lipinski definition) is 4. The second-order valence-electron chi connectivity index (χ2n) is 4.80. The highest BCUT2D eigenvalue weighted by Gasteiger charge is 2.31. The van der Waals surface area contributed by atoms with E-state index in [0.717, 1.165) is 0 Å². The number of rotatable bonds is 6. The van der Waals surface area contributed by atoms with E-state index in [2.05, 4.69) is 5.32 Å². The average molecular weight is 279 g/mol. The van der Waals surface area contributed by atoms with Gasteiger partial charge >= 0.3 is 5.97 Å². The van der Waals surface area contributed by atoms with Crippen molar-refractivity contribution in [3.8, 4) is 0 Å². The van der Waals surface area contributed by atoms with Gasteiger partial charge in [0.2, 0.25) is 0 Å². The number of nitrogens with one attached hydrogen (secondary N) is 1. The zero-order valence-electron chi connectivity index (χ0n) is 12.0. The monoisotopic (exact) mass is 279 g/mol. The van der Waals surface area contributed by atoms with Crippen LogP contribution in [0.4, 0.5) is 0 Å². The maximum atomic E-state index is 12.1. The maximum absolute atomic E-state index is 12.1. The van der Waals surface area contributed by atoms with Crippen LogP contribution in [-0.2, 0) is 9.53 Å². The molecule has 0 aromatic heterocycles. The summed E-state index contributed by atoms with van der Waals surface area (Å²) in [5, 5.41) is 12.6. The second-order valence-corrected chi connectivity index (χ2v) is 4.80. The molecule has 5 heteroatoms. The van der Waals surface area contributed by atoms with Crippen LogP contribution in [0, 0.1) is 5.92 Å². The summed E-state index contributed by atoms with van der Waals surface area (Å²) in [7, 11) is 0. The van der Waals surface area contributed by atoms with E-state index in [-0.39, 0.29) is 12.5 Å². The molecule has 0 aliphatic heterocycles. The molecule has 110 valence electrons. The Morgan fingerprint density at radius 1 is 1.25 bits per heavy atom. The standard InChI is InChI=1S/C15H21NO4/c1-4-20-15(19)12(13(17)10(2)3)16-14(18)11-8-6-5-7-9-11/h5-10,12-13,17H,4H2,1-3H3,(H,16,18)/t12-,13+/m0/s1. The van der Waals surface area contributed by atoms with Gasteiger partial charge in [-0.2, -0.15) is 0 Å². The molecule has 0 saturated heterocycles. The predicted molar refractivity (Wildman–Crippen MR) is 75.2 cm³/mol. The minimum Gasteiger partial charge on any atom is -0.464 e. The molecule has 0 saturated carbocycles. The van der Waals surface area contributed by atoms with Crippen molar-refractivity contribution >= 4 is 11.9 Å². The van der Waals surface area contributed by atoms with Crippen molar-refractivity contribution in [1.82, 2.24) is 5.32 Å². The van der Waals surface area contributed by atoms with Crippen LogP contribution in [0.25, 0.3) is 0 Å². The van der Waals surface area contributed by atoms with Crippen molar-refractivity contribution in [2.24, 2.45) is 5.92 Å². The molecular weight excluding hydrogens is 258 g/mol. The van der Waals surface area contributed by atoms with Crippen LogP contribution < -0.4 is 5.32 Å². The van der Waals surface area contributed by atoms with Gasteiger partial charge in [-0.3, -0.25) is 4.79 Å². The Bertz CT molecular complexity index is 444. The topological polar surface area (TPSA) is 75.6 Å². The van der Waals surface area contributed by atoms with Gasteiger partial charge in [-0.25, -0.2) is 4.79 Å². The van der Waals surface area contributed by atoms with E-state index < -0.39 is 24.0 Å². The minimum atomic E-state index is -1.07. The van der Waals surface area contributed by atoms with Crippen molar-refractivity contribution < 1.29 is 19.4 Å². The molecule has 1 aromatic rings. The molecular formula is C15H21NO4. The van der Waals surface area contributed by atoms with E-state index in [1.165, 1.54) is 0 Å². The molecule has 1 rings (SSSR count). The molecule has 0 aliphatic carbocycles. The van der Waals surface area contributed by atoms with Crippen LogP contribution in [0.1, 0.15) is 31.1 Å². The minimum absolute atomic E-state index is 0.180. The lowest BCUT2D eigenvalue weighted by atomic mass is 9.99. The van der Waals surface area contributed by atoms with Crippen molar-refractivity contribution in [3.05, 3.63) is 35.9 Å². The Kier molecular flexibility index (Phi) is 6.18. The van der Waals surface area contributed by atoms with Gasteiger partial charge in [-0.05, 0) is 25.0 Å². The molecule has 0 radical (unpaired) electrons. The van der Waals surface area contributed by atoms with Crippen LogP contribution in [0.3, 0.4) is 0 Å². The summed E-state index contributed by atoms with van der Waals surface area (Å²) in [5.74, 6) is -1.22. The Labute approximate surface area is 118 Å². The highest BCUT2D eigenvalue weighted by Crippen LogP contribution is 2.09. The first-order valence-electron chi connectivity index (χ1n) is 6.68. The zero-order valence-corrected chi connectivity index (χ0v) is 12.0. The van der Waals surface area contributed by atoms with Crippen molar-refractivity contribution in [2.75, 3.05) is 6.61 Å². The third-order valence-corrected chi connectivity index (χ3v) is 2.89. The lowest BCUT2D eigenvalue weighted by Gasteiger charge is -2.25. The molecule has 2 N–H and O–H groups in total. The van der Waals surface area contributed by atoms with Crippen molar-refractivity contribution in [3.63, 3.8) is 0 Å². The van der Waals surface area contributed by atoms with Crippen LogP contribution in [0.5, 0.6) is 0 Å². The molecule has 1 amide bonds. The van der Waals surface area contributed by atoms with E-state index in [1.807, 2.05) is 0 Å². The fourth-order valence-corrected chi connectivity index (χ4v) is 1.71. The van der Waals surface area contributed by atoms with E-state index >= 15 is 0 Å². The molecule has 2 atom stereocenters. The largest absolute Gasteiger partial charge is 0.464 e. The predicted octanol–water partition coefficient (Wildman–Crippen LogP) is 1.36. The Morgan fingerprint density at radius 2 is 1.85 bits per heavy atom. The summed E-state index contributed by atoms with van der Waals surface area (Å²) in [5.41, 5.74) is 0.428. The van der Waals surface area contributed by atoms with Crippen LogP contribution in [-0.4, -0.2) is 35.7 Å². The number of hydrogen-bond donors (Lipinski definition) is 2. The lowest BCUT2D eigenvalue weighted by Crippen LogP contribution is -2.51. The van der Waals surface area contributed by atoms with Crippen molar-refractivity contribution in [1.29, 1.82) is 0 Å². The van der Waals surface area contributed by atoms with Gasteiger partial charge in [0, 0.05) is 5.56 Å². The summed E-state index contributed by atoms with van der Waals surface area (Å²) >= 11 is 0. The molecule has 0 unspecified atom stereocenters. The average Bonchev–Trinajstić information content (AvgIpc) is 2.44. The zero-order chi connectivity index (χ0) is 15.1. The number of carbonyl (C=O) groups excluding carboxylic acids is 2. The SMILES string of the molecule is CCOC(=O)[C@@H](NC(=O)c1ccccc1)[C@H](O)C(C)C. The quantitative estimate of drug-likeness (QED) is 0.771. The van der Waals surface area contributed by atoms with Gasteiger partial charge in [-0.15, -0.1) is 0 Å². The summed E-state index contributed by atoms with van der Waals surface area (Å²) in [6.45, 7) is 5.41. The summed E-state index contributed by atoms with van der Waals surface area (Å²) in [4.78, 5) is 23.9. The van der Waals surface area contributed by atoms with E-state index in [0.29, 0.717) is 5.56 Å². The Hall–Kier alpha value is -1.88. The summed E-state index contributed by atoms with van der Waals surface area (Å²) in [6.07, 6.45) is -0.998. The fourth-order valence-electron chi connectivity index (χ4n) is 1.71. The number of ether oxygens (including phenoxy) is 1. The smallest absolute Gasteiger partial charge is 0.331 e. The molecule has 20 heavy (non-hydrogen) atoms. The van der Waals surface area contributed by atoms with Crippen LogP contribution in [0.15, 0.2) is 30.3 Å². The first kappa shape index (κ1) is 16.2. The number of esters is 1. The van der Waals surface area contributed by atoms with Gasteiger partial charge in [0.25, 0.3) is 5.91 Å². The molecule has 0 fully saturated rings. The molecule has 1 aromatic carbocycles. The van der Waals surface area contributed by atoms with Gasteiger partial charge in [-0.1, -0.05) is 32.0 Å². The highest BCUT2D eigenvalue weighted by atomic mass is 16.5. The number of aliphatic hydroxyl groups is 1. The third kappa shape index (κ3) is 4.35. The molecule has 0 bridgehead atoms. The van der Waals surface area contributed by atoms with E-state index in [1.54, 1.807) is 51.1 Å². The lowest BCUT2D eigenvalue weighted by molar-refractivity contribution is -0.149. The normalized spacial score (nSPS) is 13.7. The number of aliphatic hydroxyl groups excluding tert-OH is 1. The molecule has 0 spiro atoms.